The first-order chi connectivity index (χ1) is 8.24. The van der Waals surface area contributed by atoms with Crippen LogP contribution in [-0.2, 0) is 12.8 Å². The Bertz CT molecular complexity index is 382. The summed E-state index contributed by atoms with van der Waals surface area (Å²) in [5.41, 5.74) is 2.41. The fourth-order valence-corrected chi connectivity index (χ4v) is 3.85. The lowest BCUT2D eigenvalue weighted by Crippen LogP contribution is -2.48. The van der Waals surface area contributed by atoms with Crippen LogP contribution < -0.4 is 5.32 Å². The van der Waals surface area contributed by atoms with Crippen molar-refractivity contribution in [3.8, 4) is 0 Å². The summed E-state index contributed by atoms with van der Waals surface area (Å²) in [6.07, 6.45) is 4.45. The smallest absolute Gasteiger partial charge is 0.0833 e. The molecule has 1 aromatic rings. The first-order valence-electron chi connectivity index (χ1n) is 6.68. The first-order valence-corrected chi connectivity index (χ1v) is 6.68. The molecule has 0 aliphatic heterocycles. The summed E-state index contributed by atoms with van der Waals surface area (Å²) in [7, 11) is 1.94. The number of benzene rings is 1. The molecule has 1 aromatic carbocycles. The summed E-state index contributed by atoms with van der Waals surface area (Å²) in [5.74, 6) is 0.868. The normalized spacial score (nSPS) is 35.4. The maximum atomic E-state index is 11.0. The lowest BCUT2D eigenvalue weighted by atomic mass is 9.82. The van der Waals surface area contributed by atoms with Gasteiger partial charge in [0.05, 0.1) is 5.60 Å². The fourth-order valence-electron chi connectivity index (χ4n) is 3.85. The summed E-state index contributed by atoms with van der Waals surface area (Å²) in [6, 6.07) is 8.70. The van der Waals surface area contributed by atoms with E-state index in [1.54, 1.807) is 0 Å². The van der Waals surface area contributed by atoms with Gasteiger partial charge >= 0.3 is 0 Å². The molecule has 2 N–H and O–H groups in total. The topological polar surface area (TPSA) is 32.3 Å². The van der Waals surface area contributed by atoms with Crippen molar-refractivity contribution in [2.24, 2.45) is 11.8 Å². The van der Waals surface area contributed by atoms with Gasteiger partial charge in [0.2, 0.25) is 0 Å². The molecule has 0 saturated heterocycles. The minimum Gasteiger partial charge on any atom is -0.388 e. The van der Waals surface area contributed by atoms with Gasteiger partial charge in [-0.05, 0) is 55.7 Å². The molecule has 3 rings (SSSR count). The van der Waals surface area contributed by atoms with Gasteiger partial charge in [0.15, 0.2) is 0 Å². The Morgan fingerprint density at radius 3 is 2.18 bits per heavy atom. The molecule has 2 unspecified atom stereocenters. The standard InChI is InChI=1S/C15H21NO/c1-16-10-15(17)13-6-7-14(15)9-12-5-3-2-4-11(12)8-13/h2-5,13-14,16-17H,6-10H2,1H3. The molecule has 1 fully saturated rings. The first kappa shape index (κ1) is 11.2. The largest absolute Gasteiger partial charge is 0.388 e. The molecule has 0 radical (unpaired) electrons. The summed E-state index contributed by atoms with van der Waals surface area (Å²) in [5, 5.41) is 14.1. The number of aliphatic hydroxyl groups is 1. The van der Waals surface area contributed by atoms with Crippen molar-refractivity contribution in [3.63, 3.8) is 0 Å². The molecule has 2 aliphatic rings. The van der Waals surface area contributed by atoms with Crippen molar-refractivity contribution in [1.82, 2.24) is 5.32 Å². The van der Waals surface area contributed by atoms with Gasteiger partial charge in [0.1, 0.15) is 0 Å². The number of nitrogens with one attached hydrogen (secondary N) is 1. The Labute approximate surface area is 103 Å². The second kappa shape index (κ2) is 4.11. The number of fused-ring (bicyclic) bond motifs is 3. The quantitative estimate of drug-likeness (QED) is 0.813. The molecule has 17 heavy (non-hydrogen) atoms. The van der Waals surface area contributed by atoms with E-state index in [4.69, 9.17) is 0 Å². The molecular formula is C15H21NO. The Balaban J connectivity index is 1.97. The Morgan fingerprint density at radius 2 is 1.71 bits per heavy atom. The van der Waals surface area contributed by atoms with E-state index in [-0.39, 0.29) is 0 Å². The predicted molar refractivity (Wildman–Crippen MR) is 68.9 cm³/mol. The fraction of sp³-hybridized carbons (Fsp3) is 0.600. The van der Waals surface area contributed by atoms with E-state index in [1.165, 1.54) is 24.0 Å². The van der Waals surface area contributed by atoms with Crippen molar-refractivity contribution in [2.75, 3.05) is 13.6 Å². The highest BCUT2D eigenvalue weighted by atomic mass is 16.3. The molecule has 2 atom stereocenters. The highest BCUT2D eigenvalue weighted by Crippen LogP contribution is 2.46. The van der Waals surface area contributed by atoms with Gasteiger partial charge in [-0.25, -0.2) is 0 Å². The van der Waals surface area contributed by atoms with E-state index in [0.717, 1.165) is 19.4 Å². The summed E-state index contributed by atoms with van der Waals surface area (Å²) in [6.45, 7) is 0.732. The van der Waals surface area contributed by atoms with E-state index in [0.29, 0.717) is 11.8 Å². The zero-order valence-electron chi connectivity index (χ0n) is 10.4. The Kier molecular flexibility index (Phi) is 2.72. The van der Waals surface area contributed by atoms with E-state index < -0.39 is 5.60 Å². The monoisotopic (exact) mass is 231 g/mol. The molecular weight excluding hydrogens is 210 g/mol. The molecule has 0 spiro atoms. The van der Waals surface area contributed by atoms with Gasteiger partial charge in [-0.2, -0.15) is 0 Å². The maximum absolute atomic E-state index is 11.0. The lowest BCUT2D eigenvalue weighted by molar-refractivity contribution is -0.0304. The van der Waals surface area contributed by atoms with Gasteiger partial charge in [-0.3, -0.25) is 0 Å². The number of likely N-dealkylation sites (N-methyl/N-ethyl adjacent to an activating group) is 1. The summed E-state index contributed by atoms with van der Waals surface area (Å²) in [4.78, 5) is 0. The van der Waals surface area contributed by atoms with Crippen LogP contribution in [0.15, 0.2) is 24.3 Å². The van der Waals surface area contributed by atoms with E-state index >= 15 is 0 Å². The van der Waals surface area contributed by atoms with E-state index in [1.807, 2.05) is 7.05 Å². The number of rotatable bonds is 2. The second-order valence-electron chi connectivity index (χ2n) is 5.67. The van der Waals surface area contributed by atoms with Crippen LogP contribution >= 0.6 is 0 Å². The summed E-state index contributed by atoms with van der Waals surface area (Å²) < 4.78 is 0. The van der Waals surface area contributed by atoms with Crippen molar-refractivity contribution < 1.29 is 5.11 Å². The summed E-state index contributed by atoms with van der Waals surface area (Å²) >= 11 is 0. The van der Waals surface area contributed by atoms with Gasteiger partial charge in [0.25, 0.3) is 0 Å². The van der Waals surface area contributed by atoms with Gasteiger partial charge in [-0.15, -0.1) is 0 Å². The van der Waals surface area contributed by atoms with Gasteiger partial charge < -0.3 is 10.4 Å². The zero-order valence-corrected chi connectivity index (χ0v) is 10.4. The van der Waals surface area contributed by atoms with Crippen LogP contribution in [-0.4, -0.2) is 24.3 Å². The minimum atomic E-state index is -0.492. The second-order valence-corrected chi connectivity index (χ2v) is 5.67. The van der Waals surface area contributed by atoms with Crippen LogP contribution in [0.1, 0.15) is 24.0 Å². The van der Waals surface area contributed by atoms with Crippen LogP contribution in [0.3, 0.4) is 0 Å². The average Bonchev–Trinajstić information content (AvgIpc) is 2.52. The molecule has 92 valence electrons. The molecule has 2 heteroatoms. The average molecular weight is 231 g/mol. The lowest BCUT2D eigenvalue weighted by Gasteiger charge is -2.33. The van der Waals surface area contributed by atoms with Crippen molar-refractivity contribution in [1.29, 1.82) is 0 Å². The highest BCUT2D eigenvalue weighted by molar-refractivity contribution is 5.31. The van der Waals surface area contributed by atoms with Crippen LogP contribution in [0.5, 0.6) is 0 Å². The molecule has 2 nitrogen and oxygen atoms in total. The van der Waals surface area contributed by atoms with Crippen LogP contribution in [0, 0.1) is 11.8 Å². The number of hydrogen-bond donors (Lipinski definition) is 2. The van der Waals surface area contributed by atoms with Crippen LogP contribution in [0.2, 0.25) is 0 Å². The van der Waals surface area contributed by atoms with Gasteiger partial charge in [0, 0.05) is 6.54 Å². The van der Waals surface area contributed by atoms with Crippen LogP contribution in [0.25, 0.3) is 0 Å². The SMILES string of the molecule is CNCC1(O)C2CCC1Cc1ccccc1C2. The van der Waals surface area contributed by atoms with E-state index in [9.17, 15) is 5.11 Å². The third-order valence-corrected chi connectivity index (χ3v) is 4.79. The maximum Gasteiger partial charge on any atom is 0.0833 e. The van der Waals surface area contributed by atoms with Gasteiger partial charge in [-0.1, -0.05) is 24.3 Å². The zero-order chi connectivity index (χ0) is 11.9. The number of hydrogen-bond acceptors (Lipinski definition) is 2. The van der Waals surface area contributed by atoms with Crippen molar-refractivity contribution in [3.05, 3.63) is 35.4 Å². The Hall–Kier alpha value is -0.860. The third kappa shape index (κ3) is 1.71. The molecule has 2 aliphatic carbocycles. The highest BCUT2D eigenvalue weighted by Gasteiger charge is 2.49. The Morgan fingerprint density at radius 1 is 1.18 bits per heavy atom. The van der Waals surface area contributed by atoms with Crippen LogP contribution in [0.4, 0.5) is 0 Å². The predicted octanol–water partition coefficient (Wildman–Crippen LogP) is 1.76. The van der Waals surface area contributed by atoms with Crippen molar-refractivity contribution >= 4 is 0 Å². The molecule has 2 bridgehead atoms. The minimum absolute atomic E-state index is 0.434. The molecule has 1 saturated carbocycles. The molecule has 0 heterocycles. The van der Waals surface area contributed by atoms with Crippen molar-refractivity contribution in [2.45, 2.75) is 31.3 Å². The molecule has 0 amide bonds. The van der Waals surface area contributed by atoms with E-state index in [2.05, 4.69) is 29.6 Å². The third-order valence-electron chi connectivity index (χ3n) is 4.79. The molecule has 0 aromatic heterocycles.